The van der Waals surface area contributed by atoms with Crippen LogP contribution in [-0.4, -0.2) is 20.9 Å². The summed E-state index contributed by atoms with van der Waals surface area (Å²) in [4.78, 5) is 24.0. The minimum atomic E-state index is -0.0793. The van der Waals surface area contributed by atoms with Crippen LogP contribution in [0.25, 0.3) is 11.4 Å². The van der Waals surface area contributed by atoms with Crippen LogP contribution in [0.1, 0.15) is 13.8 Å². The average Bonchev–Trinajstić information content (AvgIpc) is 2.40. The van der Waals surface area contributed by atoms with Gasteiger partial charge < -0.3 is 5.32 Å². The second-order valence-electron chi connectivity index (χ2n) is 4.15. The largest absolute Gasteiger partial charge is 0.310 e. The zero-order valence-electron chi connectivity index (χ0n) is 10.3. The van der Waals surface area contributed by atoms with E-state index in [1.54, 1.807) is 24.7 Å². The fourth-order valence-electron chi connectivity index (χ4n) is 1.34. The van der Waals surface area contributed by atoms with Crippen molar-refractivity contribution in [2.75, 3.05) is 5.32 Å². The van der Waals surface area contributed by atoms with Crippen LogP contribution in [0.2, 0.25) is 0 Å². The van der Waals surface area contributed by atoms with Gasteiger partial charge in [-0.1, -0.05) is 13.8 Å². The van der Waals surface area contributed by atoms with Crippen LogP contribution < -0.4 is 5.32 Å². The number of anilines is 1. The van der Waals surface area contributed by atoms with Gasteiger partial charge in [0, 0.05) is 30.1 Å². The summed E-state index contributed by atoms with van der Waals surface area (Å²) >= 11 is 0. The van der Waals surface area contributed by atoms with Crippen LogP contribution in [0.4, 0.5) is 5.82 Å². The van der Waals surface area contributed by atoms with E-state index in [9.17, 15) is 4.79 Å². The maximum absolute atomic E-state index is 11.6. The molecule has 0 fully saturated rings. The topological polar surface area (TPSA) is 67.8 Å². The van der Waals surface area contributed by atoms with E-state index in [2.05, 4.69) is 20.3 Å². The molecular formula is C13H14N4O. The van der Waals surface area contributed by atoms with E-state index < -0.39 is 0 Å². The molecule has 0 radical (unpaired) electrons. The van der Waals surface area contributed by atoms with Crippen molar-refractivity contribution in [2.45, 2.75) is 13.8 Å². The number of nitrogens with one attached hydrogen (secondary N) is 1. The Bertz CT molecular complexity index is 540. The lowest BCUT2D eigenvalue weighted by Gasteiger charge is -2.07. The highest BCUT2D eigenvalue weighted by molar-refractivity contribution is 5.91. The summed E-state index contributed by atoms with van der Waals surface area (Å²) in [5.74, 6) is 0.938. The Hall–Kier alpha value is -2.30. The van der Waals surface area contributed by atoms with Gasteiger partial charge in [-0.2, -0.15) is 0 Å². The van der Waals surface area contributed by atoms with Gasteiger partial charge in [-0.15, -0.1) is 0 Å². The minimum absolute atomic E-state index is 0.0608. The molecule has 2 aromatic heterocycles. The molecule has 0 aliphatic rings. The summed E-state index contributed by atoms with van der Waals surface area (Å²) < 4.78 is 0. The molecule has 0 saturated carbocycles. The lowest BCUT2D eigenvalue weighted by Crippen LogP contribution is -2.18. The molecule has 2 heterocycles. The van der Waals surface area contributed by atoms with Gasteiger partial charge in [0.05, 0.1) is 0 Å². The van der Waals surface area contributed by atoms with E-state index in [0.29, 0.717) is 11.6 Å². The van der Waals surface area contributed by atoms with Crippen molar-refractivity contribution in [3.05, 3.63) is 36.8 Å². The molecule has 2 rings (SSSR count). The van der Waals surface area contributed by atoms with Crippen LogP contribution in [0.5, 0.6) is 0 Å². The first kappa shape index (κ1) is 12.2. The lowest BCUT2D eigenvalue weighted by atomic mass is 10.2. The Kier molecular flexibility index (Phi) is 3.62. The summed E-state index contributed by atoms with van der Waals surface area (Å²) in [7, 11) is 0. The Balaban J connectivity index is 2.23. The molecule has 1 N–H and O–H groups in total. The smallest absolute Gasteiger partial charge is 0.228 e. The van der Waals surface area contributed by atoms with Crippen molar-refractivity contribution >= 4 is 11.7 Å². The van der Waals surface area contributed by atoms with Gasteiger partial charge in [0.2, 0.25) is 5.91 Å². The average molecular weight is 242 g/mol. The standard InChI is InChI=1S/C13H14N4O/c1-9(2)13(18)17-11-5-8-15-12(16-11)10-3-6-14-7-4-10/h3-9H,1-2H3,(H,15,16,17,18). The van der Waals surface area contributed by atoms with Gasteiger partial charge in [-0.3, -0.25) is 9.78 Å². The maximum atomic E-state index is 11.6. The zero-order valence-corrected chi connectivity index (χ0v) is 10.3. The van der Waals surface area contributed by atoms with E-state index in [4.69, 9.17) is 0 Å². The van der Waals surface area contributed by atoms with Crippen molar-refractivity contribution in [1.82, 2.24) is 15.0 Å². The van der Waals surface area contributed by atoms with Gasteiger partial charge >= 0.3 is 0 Å². The molecule has 2 aromatic rings. The number of hydrogen-bond donors (Lipinski definition) is 1. The Morgan fingerprint density at radius 2 is 1.89 bits per heavy atom. The highest BCUT2D eigenvalue weighted by Crippen LogP contribution is 2.15. The first-order valence-corrected chi connectivity index (χ1v) is 5.71. The number of nitrogens with zero attached hydrogens (tertiary/aromatic N) is 3. The van der Waals surface area contributed by atoms with Crippen molar-refractivity contribution < 1.29 is 4.79 Å². The third-order valence-corrected chi connectivity index (χ3v) is 2.37. The molecule has 5 nitrogen and oxygen atoms in total. The monoisotopic (exact) mass is 242 g/mol. The van der Waals surface area contributed by atoms with Crippen LogP contribution in [0, 0.1) is 5.92 Å². The summed E-state index contributed by atoms with van der Waals surface area (Å²) in [6.07, 6.45) is 4.98. The van der Waals surface area contributed by atoms with Crippen LogP contribution >= 0.6 is 0 Å². The summed E-state index contributed by atoms with van der Waals surface area (Å²) in [6.45, 7) is 3.67. The van der Waals surface area contributed by atoms with Gasteiger partial charge in [0.1, 0.15) is 5.82 Å². The highest BCUT2D eigenvalue weighted by atomic mass is 16.1. The van der Waals surface area contributed by atoms with E-state index in [1.807, 2.05) is 26.0 Å². The first-order valence-electron chi connectivity index (χ1n) is 5.71. The molecule has 0 bridgehead atoms. The maximum Gasteiger partial charge on any atom is 0.228 e. The molecule has 0 saturated heterocycles. The quantitative estimate of drug-likeness (QED) is 0.895. The SMILES string of the molecule is CC(C)C(=O)Nc1ccnc(-c2ccncc2)n1. The molecule has 0 atom stereocenters. The summed E-state index contributed by atoms with van der Waals surface area (Å²) in [6, 6.07) is 5.32. The Labute approximate surface area is 105 Å². The van der Waals surface area contributed by atoms with Crippen LogP contribution in [0.15, 0.2) is 36.8 Å². The van der Waals surface area contributed by atoms with Crippen LogP contribution in [-0.2, 0) is 4.79 Å². The third-order valence-electron chi connectivity index (χ3n) is 2.37. The Morgan fingerprint density at radius 3 is 2.56 bits per heavy atom. The van der Waals surface area contributed by atoms with Gasteiger partial charge in [0.25, 0.3) is 0 Å². The van der Waals surface area contributed by atoms with Crippen molar-refractivity contribution in [3.8, 4) is 11.4 Å². The number of hydrogen-bond acceptors (Lipinski definition) is 4. The Morgan fingerprint density at radius 1 is 1.17 bits per heavy atom. The summed E-state index contributed by atoms with van der Waals surface area (Å²) in [5, 5.41) is 2.75. The van der Waals surface area contributed by atoms with Crippen molar-refractivity contribution in [1.29, 1.82) is 0 Å². The van der Waals surface area contributed by atoms with Crippen molar-refractivity contribution in [3.63, 3.8) is 0 Å². The first-order chi connectivity index (χ1) is 8.66. The second kappa shape index (κ2) is 5.35. The van der Waals surface area contributed by atoms with E-state index in [1.165, 1.54) is 0 Å². The predicted molar refractivity (Wildman–Crippen MR) is 68.7 cm³/mol. The van der Waals surface area contributed by atoms with Crippen molar-refractivity contribution in [2.24, 2.45) is 5.92 Å². The minimum Gasteiger partial charge on any atom is -0.310 e. The molecule has 92 valence electrons. The highest BCUT2D eigenvalue weighted by Gasteiger charge is 2.09. The molecule has 1 amide bonds. The molecule has 0 unspecified atom stereocenters. The molecule has 0 spiro atoms. The second-order valence-corrected chi connectivity index (χ2v) is 4.15. The number of carbonyl (C=O) groups is 1. The normalized spacial score (nSPS) is 10.4. The molecule has 0 aliphatic carbocycles. The number of amides is 1. The molecular weight excluding hydrogens is 228 g/mol. The van der Waals surface area contributed by atoms with E-state index in [-0.39, 0.29) is 11.8 Å². The fourth-order valence-corrected chi connectivity index (χ4v) is 1.34. The number of pyridine rings is 1. The zero-order chi connectivity index (χ0) is 13.0. The number of aromatic nitrogens is 3. The molecule has 0 aromatic carbocycles. The van der Waals surface area contributed by atoms with E-state index in [0.717, 1.165) is 5.56 Å². The van der Waals surface area contributed by atoms with E-state index >= 15 is 0 Å². The fraction of sp³-hybridized carbons (Fsp3) is 0.231. The van der Waals surface area contributed by atoms with Gasteiger partial charge in [-0.25, -0.2) is 9.97 Å². The summed E-state index contributed by atoms with van der Waals surface area (Å²) in [5.41, 5.74) is 0.866. The van der Waals surface area contributed by atoms with Crippen LogP contribution in [0.3, 0.4) is 0 Å². The predicted octanol–water partition coefficient (Wildman–Crippen LogP) is 2.13. The number of carbonyl (C=O) groups excluding carboxylic acids is 1. The van der Waals surface area contributed by atoms with Gasteiger partial charge in [-0.05, 0) is 18.2 Å². The molecule has 5 heteroatoms. The molecule has 18 heavy (non-hydrogen) atoms. The van der Waals surface area contributed by atoms with Gasteiger partial charge in [0.15, 0.2) is 5.82 Å². The number of rotatable bonds is 3. The third kappa shape index (κ3) is 2.88. The lowest BCUT2D eigenvalue weighted by molar-refractivity contribution is -0.118. The molecule has 0 aliphatic heterocycles.